The maximum absolute atomic E-state index is 12.5. The van der Waals surface area contributed by atoms with Crippen LogP contribution < -0.4 is 19.5 Å². The summed E-state index contributed by atoms with van der Waals surface area (Å²) in [5.41, 5.74) is 1.77. The summed E-state index contributed by atoms with van der Waals surface area (Å²) in [5.74, 6) is 0.981. The standard InChI is InChI=1S/C31H34N2O6/c1-5-36-28-19-22(18-23(20-32)30(35)33-21-26-8-6-16-38-26)10-15-27(28)39-29(34)9-7-17-37-25-13-11-24(12-14-25)31(2,3)4/h6,8,10-16,18-19H,5,7,9,17,21H2,1-4H3,(H,33,35)/b23-18+. The number of furan rings is 1. The van der Waals surface area contributed by atoms with Crippen LogP contribution in [0.3, 0.4) is 0 Å². The van der Waals surface area contributed by atoms with Crippen LogP contribution in [0.15, 0.2) is 70.9 Å². The zero-order valence-electron chi connectivity index (χ0n) is 22.8. The second kappa shape index (κ2) is 13.9. The minimum absolute atomic E-state index is 0.0739. The van der Waals surface area contributed by atoms with Crippen LogP contribution >= 0.6 is 0 Å². The van der Waals surface area contributed by atoms with Crippen molar-refractivity contribution in [1.29, 1.82) is 5.26 Å². The van der Waals surface area contributed by atoms with Crippen LogP contribution in [0, 0.1) is 11.3 Å². The highest BCUT2D eigenvalue weighted by molar-refractivity contribution is 6.01. The molecule has 0 fully saturated rings. The summed E-state index contributed by atoms with van der Waals surface area (Å²) in [5, 5.41) is 12.1. The van der Waals surface area contributed by atoms with Crippen molar-refractivity contribution >= 4 is 18.0 Å². The van der Waals surface area contributed by atoms with Crippen molar-refractivity contribution in [3.05, 3.63) is 83.3 Å². The van der Waals surface area contributed by atoms with Gasteiger partial charge in [0.05, 0.1) is 26.0 Å². The van der Waals surface area contributed by atoms with Gasteiger partial charge in [0.2, 0.25) is 0 Å². The van der Waals surface area contributed by atoms with Crippen molar-refractivity contribution in [2.45, 2.75) is 52.5 Å². The monoisotopic (exact) mass is 530 g/mol. The first-order valence-corrected chi connectivity index (χ1v) is 12.8. The maximum atomic E-state index is 12.5. The molecule has 0 aliphatic carbocycles. The Labute approximate surface area is 229 Å². The lowest BCUT2D eigenvalue weighted by molar-refractivity contribution is -0.134. The second-order valence-electron chi connectivity index (χ2n) is 9.77. The number of amides is 1. The van der Waals surface area contributed by atoms with Crippen LogP contribution in [-0.4, -0.2) is 25.1 Å². The first-order valence-electron chi connectivity index (χ1n) is 12.8. The molecule has 0 saturated carbocycles. The van der Waals surface area contributed by atoms with Gasteiger partial charge in [-0.05, 0) is 72.4 Å². The predicted molar refractivity (Wildman–Crippen MR) is 147 cm³/mol. The molecule has 0 bridgehead atoms. The largest absolute Gasteiger partial charge is 0.494 e. The zero-order chi connectivity index (χ0) is 28.3. The fourth-order valence-electron chi connectivity index (χ4n) is 3.59. The van der Waals surface area contributed by atoms with E-state index in [-0.39, 0.29) is 29.7 Å². The molecule has 0 aliphatic heterocycles. The van der Waals surface area contributed by atoms with Gasteiger partial charge in [-0.25, -0.2) is 0 Å². The third-order valence-electron chi connectivity index (χ3n) is 5.69. The number of nitrogens with one attached hydrogen (secondary N) is 1. The molecule has 0 radical (unpaired) electrons. The smallest absolute Gasteiger partial charge is 0.311 e. The Morgan fingerprint density at radius 2 is 1.82 bits per heavy atom. The van der Waals surface area contributed by atoms with E-state index in [9.17, 15) is 14.9 Å². The summed E-state index contributed by atoms with van der Waals surface area (Å²) in [6.07, 6.45) is 3.61. The Morgan fingerprint density at radius 1 is 1.05 bits per heavy atom. The molecule has 0 unspecified atom stereocenters. The molecule has 0 atom stereocenters. The zero-order valence-corrected chi connectivity index (χ0v) is 22.8. The van der Waals surface area contributed by atoms with Crippen LogP contribution in [0.2, 0.25) is 0 Å². The van der Waals surface area contributed by atoms with Gasteiger partial charge < -0.3 is 23.9 Å². The molecule has 8 heteroatoms. The first kappa shape index (κ1) is 29.1. The molecule has 39 heavy (non-hydrogen) atoms. The third-order valence-corrected chi connectivity index (χ3v) is 5.69. The number of hydrogen-bond acceptors (Lipinski definition) is 7. The van der Waals surface area contributed by atoms with Crippen LogP contribution in [-0.2, 0) is 21.5 Å². The van der Waals surface area contributed by atoms with Crippen molar-refractivity contribution < 1.29 is 28.2 Å². The summed E-state index contributed by atoms with van der Waals surface area (Å²) < 4.78 is 22.1. The predicted octanol–water partition coefficient (Wildman–Crippen LogP) is 5.96. The van der Waals surface area contributed by atoms with Crippen LogP contribution in [0.1, 0.15) is 57.4 Å². The van der Waals surface area contributed by atoms with Crippen molar-refractivity contribution in [3.63, 3.8) is 0 Å². The van der Waals surface area contributed by atoms with Crippen molar-refractivity contribution in [1.82, 2.24) is 5.32 Å². The molecule has 3 aromatic rings. The normalized spacial score (nSPS) is 11.4. The van der Waals surface area contributed by atoms with Crippen molar-refractivity contribution in [2.75, 3.05) is 13.2 Å². The molecule has 0 aliphatic rings. The van der Waals surface area contributed by atoms with Gasteiger partial charge in [0, 0.05) is 6.42 Å². The number of carbonyl (C=O) groups excluding carboxylic acids is 2. The first-order chi connectivity index (χ1) is 18.7. The summed E-state index contributed by atoms with van der Waals surface area (Å²) >= 11 is 0. The number of hydrogen-bond donors (Lipinski definition) is 1. The minimum atomic E-state index is -0.533. The Hall–Kier alpha value is -4.51. The number of carbonyl (C=O) groups is 2. The maximum Gasteiger partial charge on any atom is 0.311 e. The molecule has 1 aromatic heterocycles. The van der Waals surface area contributed by atoms with Crippen molar-refractivity contribution in [2.24, 2.45) is 0 Å². The van der Waals surface area contributed by atoms with E-state index in [1.54, 1.807) is 30.3 Å². The van der Waals surface area contributed by atoms with E-state index in [1.807, 2.05) is 37.3 Å². The lowest BCUT2D eigenvalue weighted by atomic mass is 9.87. The summed E-state index contributed by atoms with van der Waals surface area (Å²) in [4.78, 5) is 24.9. The number of nitriles is 1. The van der Waals surface area contributed by atoms with Gasteiger partial charge in [-0.1, -0.05) is 39.0 Å². The number of nitrogens with zero attached hydrogens (tertiary/aromatic N) is 1. The quantitative estimate of drug-likeness (QED) is 0.101. The summed E-state index contributed by atoms with van der Waals surface area (Å²) in [7, 11) is 0. The Bertz CT molecular complexity index is 1310. The minimum Gasteiger partial charge on any atom is -0.494 e. The lowest BCUT2D eigenvalue weighted by Gasteiger charge is -2.19. The van der Waals surface area contributed by atoms with Gasteiger partial charge in [0.15, 0.2) is 11.5 Å². The van der Waals surface area contributed by atoms with E-state index in [4.69, 9.17) is 18.6 Å². The molecular weight excluding hydrogens is 496 g/mol. The Morgan fingerprint density at radius 3 is 2.46 bits per heavy atom. The highest BCUT2D eigenvalue weighted by atomic mass is 16.6. The summed E-state index contributed by atoms with van der Waals surface area (Å²) in [6, 6.07) is 18.2. The van der Waals surface area contributed by atoms with E-state index >= 15 is 0 Å². The van der Waals surface area contributed by atoms with E-state index < -0.39 is 11.9 Å². The van der Waals surface area contributed by atoms with E-state index in [1.165, 1.54) is 17.9 Å². The highest BCUT2D eigenvalue weighted by Crippen LogP contribution is 2.30. The van der Waals surface area contributed by atoms with Gasteiger partial charge in [-0.3, -0.25) is 9.59 Å². The molecule has 2 aromatic carbocycles. The van der Waals surface area contributed by atoms with Crippen molar-refractivity contribution in [3.8, 4) is 23.3 Å². The topological polar surface area (TPSA) is 111 Å². The average Bonchev–Trinajstić information content (AvgIpc) is 3.43. The van der Waals surface area contributed by atoms with Gasteiger partial charge in [0.25, 0.3) is 5.91 Å². The van der Waals surface area contributed by atoms with Gasteiger partial charge in [0.1, 0.15) is 23.2 Å². The highest BCUT2D eigenvalue weighted by Gasteiger charge is 2.15. The molecule has 0 spiro atoms. The third kappa shape index (κ3) is 9.08. The second-order valence-corrected chi connectivity index (χ2v) is 9.77. The Balaban J connectivity index is 1.55. The number of rotatable bonds is 12. The molecule has 1 amide bonds. The number of esters is 1. The summed E-state index contributed by atoms with van der Waals surface area (Å²) in [6.45, 7) is 9.16. The molecule has 1 heterocycles. The van der Waals surface area contributed by atoms with Crippen LogP contribution in [0.5, 0.6) is 17.2 Å². The van der Waals surface area contributed by atoms with E-state index in [0.717, 1.165) is 5.75 Å². The lowest BCUT2D eigenvalue weighted by Crippen LogP contribution is -2.23. The van der Waals surface area contributed by atoms with Gasteiger partial charge >= 0.3 is 5.97 Å². The Kier molecular flexibility index (Phi) is 10.3. The average molecular weight is 531 g/mol. The molecule has 3 rings (SSSR count). The number of benzene rings is 2. The molecule has 8 nitrogen and oxygen atoms in total. The SMILES string of the molecule is CCOc1cc(/C=C(\C#N)C(=O)NCc2ccco2)ccc1OC(=O)CCCOc1ccc(C(C)(C)C)cc1. The fourth-order valence-corrected chi connectivity index (χ4v) is 3.59. The van der Waals surface area contributed by atoms with Gasteiger partial charge in [-0.2, -0.15) is 5.26 Å². The van der Waals surface area contributed by atoms with Crippen LogP contribution in [0.25, 0.3) is 6.08 Å². The van der Waals surface area contributed by atoms with Gasteiger partial charge in [-0.15, -0.1) is 0 Å². The number of ether oxygens (including phenoxy) is 3. The van der Waals surface area contributed by atoms with E-state index in [2.05, 4.69) is 26.1 Å². The van der Waals surface area contributed by atoms with Crippen LogP contribution in [0.4, 0.5) is 0 Å². The molecule has 1 N–H and O–H groups in total. The molecule has 204 valence electrons. The van der Waals surface area contributed by atoms with E-state index in [0.29, 0.717) is 36.7 Å². The molecular formula is C31H34N2O6. The fraction of sp³-hybridized carbons (Fsp3) is 0.323. The molecule has 0 saturated heterocycles.